The predicted octanol–water partition coefficient (Wildman–Crippen LogP) is 19.0. The zero-order valence-corrected chi connectivity index (χ0v) is 36.9. The lowest BCUT2D eigenvalue weighted by molar-refractivity contribution is -0.139. The van der Waals surface area contributed by atoms with Gasteiger partial charge in [0.15, 0.2) is 0 Å². The van der Waals surface area contributed by atoms with Gasteiger partial charge in [0.1, 0.15) is 0 Å². The van der Waals surface area contributed by atoms with Crippen LogP contribution in [0.1, 0.15) is 22.3 Å². The van der Waals surface area contributed by atoms with Gasteiger partial charge in [-0.15, -0.1) is 0 Å². The van der Waals surface area contributed by atoms with Gasteiger partial charge >= 0.3 is 5.97 Å². The molecule has 5 aliphatic carbocycles. The molecule has 0 aliphatic heterocycles. The molecule has 1 saturated carbocycles. The molecule has 1 fully saturated rings. The van der Waals surface area contributed by atoms with Crippen LogP contribution in [0.3, 0.4) is 0 Å². The van der Waals surface area contributed by atoms with Gasteiger partial charge in [-0.3, -0.25) is 4.79 Å². The number of aliphatic carboxylic acids is 1. The van der Waals surface area contributed by atoms with Crippen LogP contribution in [0.15, 0.2) is 0 Å². The van der Waals surface area contributed by atoms with Crippen molar-refractivity contribution in [3.63, 3.8) is 0 Å². The van der Waals surface area contributed by atoms with Gasteiger partial charge in [-0.05, 0) is 367 Å². The fraction of sp³-hybridized carbons (Fsp3) is 0.0417. The molecule has 0 aromatic heterocycles. The minimum absolute atomic E-state index is 0.554. The molecule has 0 saturated heterocycles. The predicted molar refractivity (Wildman–Crippen MR) is 308 cm³/mol. The molecule has 0 heterocycles. The van der Waals surface area contributed by atoms with Crippen molar-refractivity contribution in [2.45, 2.75) is 10.8 Å². The molecule has 0 radical (unpaired) electrons. The van der Waals surface area contributed by atoms with E-state index < -0.39 is 22.7 Å². The minimum atomic E-state index is -0.658. The highest BCUT2D eigenvalue weighted by Crippen LogP contribution is 2.92. The van der Waals surface area contributed by atoms with Crippen LogP contribution in [0, 0.1) is 5.92 Å². The van der Waals surface area contributed by atoms with Crippen LogP contribution in [-0.4, -0.2) is 11.1 Å². The van der Waals surface area contributed by atoms with Crippen molar-refractivity contribution in [2.75, 3.05) is 0 Å². The van der Waals surface area contributed by atoms with Crippen LogP contribution in [0.2, 0.25) is 0 Å². The van der Waals surface area contributed by atoms with E-state index >= 15 is 4.79 Å². The standard InChI is InChI=1S/C72H2O2/c73-70(74)69-71-65-57-49-39-29-22-13-7-1-2-4-6-5-3(1)9-16-11(5)20-21-12(6)17-10(4)19-15(8(2)13)24-30(22)40(39)50-44-34(24)26(19)36-28(17)38-32(21)42-41-31(20)37-27(16)35-25-18(9)14(7)23(29)33(25)43(49)53-47(35)55-45(37)51(41)59-60-52(42)46(38)56-48(36)54(44)62(66(71)58(50)57)64(56)68(60)72(69,71)67(59)63(55)61(53)65/h69H,(H,73,74). The van der Waals surface area contributed by atoms with Crippen molar-refractivity contribution in [3.05, 3.63) is 22.3 Å². The largest absolute Gasteiger partial charge is 0.481 e. The maximum absolute atomic E-state index is 15.4. The summed E-state index contributed by atoms with van der Waals surface area (Å²) in [4.78, 5) is 15.4. The first-order valence-electron chi connectivity index (χ1n) is 27.5. The van der Waals surface area contributed by atoms with E-state index in [0.29, 0.717) is 0 Å². The quantitative estimate of drug-likeness (QED) is 0.132. The Hall–Kier alpha value is -9.37. The second kappa shape index (κ2) is 5.52. The number of benzene rings is 23. The topological polar surface area (TPSA) is 37.3 Å². The maximum atomic E-state index is 15.4. The van der Waals surface area contributed by atoms with Crippen molar-refractivity contribution in [1.29, 1.82) is 0 Å². The Labute approximate surface area is 397 Å². The molecule has 5 aliphatic rings. The molecule has 33 aromatic carbocycles. The average Bonchev–Trinajstić information content (AvgIpc) is 1.93. The average molecular weight is 899 g/mol. The van der Waals surface area contributed by atoms with Crippen molar-refractivity contribution >= 4 is 351 Å². The Morgan fingerprint density at radius 3 is 0.338 bits per heavy atom. The van der Waals surface area contributed by atoms with E-state index in [9.17, 15) is 5.11 Å². The number of rotatable bonds is 1. The minimum Gasteiger partial charge on any atom is -0.481 e. The molecule has 302 valence electrons. The molecule has 2 nitrogen and oxygen atoms in total. The van der Waals surface area contributed by atoms with Gasteiger partial charge in [0.05, 0.1) is 16.7 Å². The lowest BCUT2D eigenvalue weighted by atomic mass is 9.68. The summed E-state index contributed by atoms with van der Waals surface area (Å²) in [7, 11) is 0. The first-order chi connectivity index (χ1) is 36.8. The van der Waals surface area contributed by atoms with Gasteiger partial charge in [0.25, 0.3) is 0 Å². The van der Waals surface area contributed by atoms with E-state index in [0.717, 1.165) is 0 Å². The molecule has 1 N–H and O–H groups in total. The summed E-state index contributed by atoms with van der Waals surface area (Å²) in [6, 6.07) is 0. The number of carboxylic acids is 1. The van der Waals surface area contributed by atoms with Crippen LogP contribution in [0.5, 0.6) is 0 Å². The first kappa shape index (κ1) is 25.8. The van der Waals surface area contributed by atoms with Crippen LogP contribution < -0.4 is 0 Å². The Morgan fingerprint density at radius 1 is 0.176 bits per heavy atom. The molecular weight excluding hydrogens is 897 g/mol. The molecule has 0 bridgehead atoms. The lowest BCUT2D eigenvalue weighted by Gasteiger charge is -2.32. The van der Waals surface area contributed by atoms with Crippen molar-refractivity contribution < 1.29 is 9.90 Å². The maximum Gasteiger partial charge on any atom is 0.309 e. The van der Waals surface area contributed by atoms with E-state index in [2.05, 4.69) is 0 Å². The Bertz CT molecular complexity index is 8250. The number of hydrogen-bond acceptors (Lipinski definition) is 1. The smallest absolute Gasteiger partial charge is 0.309 e. The Morgan fingerprint density at radius 2 is 0.257 bits per heavy atom. The highest BCUT2D eigenvalue weighted by atomic mass is 16.4. The molecule has 38 rings (SSSR count). The number of hydrogen-bond donors (Lipinski definition) is 1. The lowest BCUT2D eigenvalue weighted by Crippen LogP contribution is -2.27. The van der Waals surface area contributed by atoms with E-state index in [4.69, 9.17) is 0 Å². The number of carboxylic acid groups (broad SMARTS) is 1. The molecule has 2 spiro atoms. The molecule has 1 atom stereocenters. The summed E-state index contributed by atoms with van der Waals surface area (Å²) in [6.07, 6.45) is 0. The van der Waals surface area contributed by atoms with Crippen molar-refractivity contribution in [3.8, 4) is 0 Å². The van der Waals surface area contributed by atoms with Gasteiger partial charge in [0, 0.05) is 0 Å². The monoisotopic (exact) mass is 898 g/mol. The SMILES string of the molecule is O=C(O)C1C23c4c5c6c7c8c9c(c%10c%11c2c2c4c4c%12c5c5c6c6c8c8c%13c9c9c%10c%10c%11c%11c2c2c4c4c%14c%12c%12c5c5c6c8c6c8c%13c9c9c%10c%10c%11c%11c2c4c2c4c%14c%12c%12c5c6c5c6c8c9c8c%10c%11c2c(c86)c4c%125)C713. The van der Waals surface area contributed by atoms with E-state index in [1.165, 1.54) is 108 Å². The second-order valence-corrected chi connectivity index (χ2v) is 27.9. The molecule has 0 amide bonds. The van der Waals surface area contributed by atoms with Gasteiger partial charge in [-0.2, -0.15) is 0 Å². The van der Waals surface area contributed by atoms with E-state index in [1.54, 1.807) is 259 Å². The molecular formula is C72H2O2. The Kier molecular flexibility index (Phi) is 1.93. The van der Waals surface area contributed by atoms with Crippen LogP contribution in [0.4, 0.5) is 0 Å². The first-order valence-corrected chi connectivity index (χ1v) is 27.5. The summed E-state index contributed by atoms with van der Waals surface area (Å²) in [5.74, 6) is -1.13. The van der Waals surface area contributed by atoms with Crippen LogP contribution >= 0.6 is 0 Å². The van der Waals surface area contributed by atoms with Gasteiger partial charge < -0.3 is 5.11 Å². The zero-order chi connectivity index (χ0) is 43.4. The third-order valence-electron chi connectivity index (χ3n) is 28.2. The fourth-order valence-electron chi connectivity index (χ4n) is 28.5. The normalized spacial score (nSPS) is 23.5. The molecule has 74 heavy (non-hydrogen) atoms. The second-order valence-electron chi connectivity index (χ2n) is 27.9. The third kappa shape index (κ3) is 1.24. The molecule has 2 heteroatoms. The van der Waals surface area contributed by atoms with Crippen molar-refractivity contribution in [1.82, 2.24) is 0 Å². The fourth-order valence-corrected chi connectivity index (χ4v) is 28.5. The summed E-state index contributed by atoms with van der Waals surface area (Å²) < 4.78 is 0. The van der Waals surface area contributed by atoms with Crippen LogP contribution in [0.25, 0.3) is 345 Å². The summed E-state index contributed by atoms with van der Waals surface area (Å²) >= 11 is 0. The van der Waals surface area contributed by atoms with Gasteiger partial charge in [0.2, 0.25) is 0 Å². The number of carbonyl (C=O) groups is 1. The van der Waals surface area contributed by atoms with E-state index in [-0.39, 0.29) is 0 Å². The highest BCUT2D eigenvalue weighted by molar-refractivity contribution is 6.84. The van der Waals surface area contributed by atoms with Crippen LogP contribution in [-0.2, 0) is 15.6 Å². The van der Waals surface area contributed by atoms with Gasteiger partial charge in [-0.25, -0.2) is 0 Å². The summed E-state index contributed by atoms with van der Waals surface area (Å²) in [5.41, 5.74) is 4.56. The molecule has 1 unspecified atom stereocenters. The molecule has 33 aromatic rings. The summed E-state index contributed by atoms with van der Waals surface area (Å²) in [6.45, 7) is 0. The summed E-state index contributed by atoms with van der Waals surface area (Å²) in [5, 5.41) is 113. The van der Waals surface area contributed by atoms with E-state index in [1.807, 2.05) is 0 Å². The van der Waals surface area contributed by atoms with Crippen molar-refractivity contribution in [2.24, 2.45) is 5.92 Å². The zero-order valence-electron chi connectivity index (χ0n) is 36.9. The highest BCUT2D eigenvalue weighted by Gasteiger charge is 2.89. The Balaban J connectivity index is 1.20. The third-order valence-corrected chi connectivity index (χ3v) is 28.2. The van der Waals surface area contributed by atoms with Gasteiger partial charge in [-0.1, -0.05) is 0 Å².